The maximum Gasteiger partial charge on any atom is 0.133 e. The summed E-state index contributed by atoms with van der Waals surface area (Å²) in [6.07, 6.45) is 5.04. The zero-order valence-corrected chi connectivity index (χ0v) is 9.27. The minimum atomic E-state index is 0.270. The Labute approximate surface area is 86.3 Å². The predicted octanol–water partition coefficient (Wildman–Crippen LogP) is 2.87. The molecule has 0 atom stereocenters. The zero-order valence-electron chi connectivity index (χ0n) is 9.27. The summed E-state index contributed by atoms with van der Waals surface area (Å²) < 4.78 is 5.42. The Morgan fingerprint density at radius 1 is 1.50 bits per heavy atom. The topological polar surface area (TPSA) is 26.3 Å². The Balaban J connectivity index is 2.65. The van der Waals surface area contributed by atoms with E-state index in [1.165, 1.54) is 11.1 Å². The molecule has 1 saturated heterocycles. The molecular weight excluding hydrogens is 176 g/mol. The van der Waals surface area contributed by atoms with E-state index in [0.717, 1.165) is 38.9 Å². The monoisotopic (exact) mass is 196 g/mol. The minimum absolute atomic E-state index is 0.270. The second kappa shape index (κ2) is 5.97. The highest BCUT2D eigenvalue weighted by Gasteiger charge is 2.12. The van der Waals surface area contributed by atoms with Crippen molar-refractivity contribution in [1.82, 2.24) is 0 Å². The van der Waals surface area contributed by atoms with Crippen LogP contribution in [-0.2, 0) is 9.53 Å². The Bertz CT molecular complexity index is 220. The molecule has 0 amide bonds. The molecule has 0 spiro atoms. The van der Waals surface area contributed by atoms with E-state index in [9.17, 15) is 4.79 Å². The molecule has 1 heterocycles. The van der Waals surface area contributed by atoms with Gasteiger partial charge in [0.05, 0.1) is 6.61 Å². The van der Waals surface area contributed by atoms with Crippen LogP contribution in [0.2, 0.25) is 0 Å². The summed E-state index contributed by atoms with van der Waals surface area (Å²) in [5, 5.41) is 0. The smallest absolute Gasteiger partial charge is 0.133 e. The first-order valence-corrected chi connectivity index (χ1v) is 5.51. The summed E-state index contributed by atoms with van der Waals surface area (Å²) >= 11 is 0. The van der Waals surface area contributed by atoms with Crippen molar-refractivity contribution in [3.8, 4) is 0 Å². The van der Waals surface area contributed by atoms with Gasteiger partial charge in [-0.1, -0.05) is 18.9 Å². The van der Waals surface area contributed by atoms with E-state index in [1.807, 2.05) is 0 Å². The third kappa shape index (κ3) is 3.62. The van der Waals surface area contributed by atoms with Crippen LogP contribution in [0.1, 0.15) is 46.0 Å². The van der Waals surface area contributed by atoms with Crippen LogP contribution in [-0.4, -0.2) is 19.0 Å². The van der Waals surface area contributed by atoms with Crippen LogP contribution in [0.3, 0.4) is 0 Å². The normalized spacial score (nSPS) is 20.7. The van der Waals surface area contributed by atoms with E-state index in [2.05, 4.69) is 6.92 Å². The van der Waals surface area contributed by atoms with Gasteiger partial charge in [0.25, 0.3) is 0 Å². The van der Waals surface area contributed by atoms with Crippen LogP contribution in [0.4, 0.5) is 0 Å². The first kappa shape index (κ1) is 11.4. The number of Topliss-reactive ketones (excluding diaryl/α,β-unsaturated/α-hetero) is 1. The van der Waals surface area contributed by atoms with Crippen molar-refractivity contribution in [3.63, 3.8) is 0 Å². The highest BCUT2D eigenvalue weighted by molar-refractivity contribution is 5.78. The van der Waals surface area contributed by atoms with Gasteiger partial charge in [0.2, 0.25) is 0 Å². The number of rotatable bonds is 4. The van der Waals surface area contributed by atoms with Gasteiger partial charge in [0.1, 0.15) is 5.78 Å². The maximum absolute atomic E-state index is 11.1. The van der Waals surface area contributed by atoms with Gasteiger partial charge in [-0.3, -0.25) is 4.79 Å². The van der Waals surface area contributed by atoms with Gasteiger partial charge in [-0.25, -0.2) is 0 Å². The minimum Gasteiger partial charge on any atom is -0.377 e. The summed E-state index contributed by atoms with van der Waals surface area (Å²) in [5.74, 6) is 0.270. The zero-order chi connectivity index (χ0) is 10.4. The van der Waals surface area contributed by atoms with Gasteiger partial charge in [-0.2, -0.15) is 0 Å². The molecule has 80 valence electrons. The number of carbonyl (C=O) groups excluding carboxylic acids is 1. The largest absolute Gasteiger partial charge is 0.377 e. The molecule has 1 aliphatic rings. The molecule has 0 aromatic heterocycles. The van der Waals surface area contributed by atoms with Gasteiger partial charge >= 0.3 is 0 Å². The number of hydrogen-bond donors (Lipinski definition) is 0. The standard InChI is InChI=1S/C12H20O2/c1-3-5-11(8-10(2)13)12-6-4-7-14-9-12/h3-9H2,1-2H3/b12-11+. The fraction of sp³-hybridized carbons (Fsp3) is 0.750. The fourth-order valence-corrected chi connectivity index (χ4v) is 1.93. The van der Waals surface area contributed by atoms with Crippen LogP contribution in [0.25, 0.3) is 0 Å². The average molecular weight is 196 g/mol. The molecule has 0 unspecified atom stereocenters. The molecule has 0 N–H and O–H groups in total. The molecule has 0 saturated carbocycles. The van der Waals surface area contributed by atoms with Crippen molar-refractivity contribution < 1.29 is 9.53 Å². The lowest BCUT2D eigenvalue weighted by Gasteiger charge is -2.19. The summed E-state index contributed by atoms with van der Waals surface area (Å²) in [5.41, 5.74) is 2.72. The van der Waals surface area contributed by atoms with E-state index in [-0.39, 0.29) is 5.78 Å². The summed E-state index contributed by atoms with van der Waals surface area (Å²) in [7, 11) is 0. The van der Waals surface area contributed by atoms with E-state index >= 15 is 0 Å². The highest BCUT2D eigenvalue weighted by Crippen LogP contribution is 2.22. The molecule has 0 aromatic carbocycles. The Hall–Kier alpha value is -0.630. The van der Waals surface area contributed by atoms with Crippen molar-refractivity contribution >= 4 is 5.78 Å². The molecule has 1 rings (SSSR count). The second-order valence-corrected chi connectivity index (χ2v) is 3.99. The molecule has 14 heavy (non-hydrogen) atoms. The third-order valence-electron chi connectivity index (χ3n) is 2.56. The SMILES string of the molecule is CCC/C(CC(C)=O)=C1/CCCOC1. The van der Waals surface area contributed by atoms with Gasteiger partial charge < -0.3 is 4.74 Å². The average Bonchev–Trinajstić information content (AvgIpc) is 2.18. The summed E-state index contributed by atoms with van der Waals surface area (Å²) in [6, 6.07) is 0. The number of allylic oxidation sites excluding steroid dienone is 1. The van der Waals surface area contributed by atoms with E-state index in [4.69, 9.17) is 4.74 Å². The number of hydrogen-bond acceptors (Lipinski definition) is 2. The molecule has 0 aromatic rings. The summed E-state index contributed by atoms with van der Waals surface area (Å²) in [6.45, 7) is 5.45. The number of ketones is 1. The lowest BCUT2D eigenvalue weighted by molar-refractivity contribution is -0.116. The molecule has 1 fully saturated rings. The van der Waals surface area contributed by atoms with Gasteiger partial charge in [0, 0.05) is 13.0 Å². The van der Waals surface area contributed by atoms with Crippen LogP contribution in [0, 0.1) is 0 Å². The lowest BCUT2D eigenvalue weighted by atomic mass is 9.95. The molecule has 1 aliphatic heterocycles. The quantitative estimate of drug-likeness (QED) is 0.646. The Morgan fingerprint density at radius 3 is 2.79 bits per heavy atom. The van der Waals surface area contributed by atoms with Crippen molar-refractivity contribution in [2.24, 2.45) is 0 Å². The molecular formula is C12H20O2. The van der Waals surface area contributed by atoms with E-state index < -0.39 is 0 Å². The lowest BCUT2D eigenvalue weighted by Crippen LogP contribution is -2.11. The first-order chi connectivity index (χ1) is 6.74. The maximum atomic E-state index is 11.1. The molecule has 0 radical (unpaired) electrons. The fourth-order valence-electron chi connectivity index (χ4n) is 1.93. The third-order valence-corrected chi connectivity index (χ3v) is 2.56. The van der Waals surface area contributed by atoms with E-state index in [1.54, 1.807) is 6.92 Å². The molecule has 2 nitrogen and oxygen atoms in total. The molecule has 2 heteroatoms. The predicted molar refractivity (Wildman–Crippen MR) is 57.3 cm³/mol. The van der Waals surface area contributed by atoms with Crippen LogP contribution >= 0.6 is 0 Å². The number of ether oxygens (including phenoxy) is 1. The van der Waals surface area contributed by atoms with Crippen LogP contribution < -0.4 is 0 Å². The van der Waals surface area contributed by atoms with Crippen LogP contribution in [0.5, 0.6) is 0 Å². The second-order valence-electron chi connectivity index (χ2n) is 3.99. The molecule has 0 aliphatic carbocycles. The Morgan fingerprint density at radius 2 is 2.29 bits per heavy atom. The molecule has 0 bridgehead atoms. The van der Waals surface area contributed by atoms with Crippen molar-refractivity contribution in [2.75, 3.05) is 13.2 Å². The van der Waals surface area contributed by atoms with Crippen molar-refractivity contribution in [2.45, 2.75) is 46.0 Å². The van der Waals surface area contributed by atoms with Crippen molar-refractivity contribution in [3.05, 3.63) is 11.1 Å². The van der Waals surface area contributed by atoms with Gasteiger partial charge in [-0.05, 0) is 31.8 Å². The van der Waals surface area contributed by atoms with Crippen LogP contribution in [0.15, 0.2) is 11.1 Å². The van der Waals surface area contributed by atoms with Gasteiger partial charge in [-0.15, -0.1) is 0 Å². The van der Waals surface area contributed by atoms with Crippen molar-refractivity contribution in [1.29, 1.82) is 0 Å². The van der Waals surface area contributed by atoms with E-state index in [0.29, 0.717) is 6.42 Å². The number of carbonyl (C=O) groups is 1. The Kier molecular flexibility index (Phi) is 4.88. The highest BCUT2D eigenvalue weighted by atomic mass is 16.5. The van der Waals surface area contributed by atoms with Gasteiger partial charge in [0.15, 0.2) is 0 Å². The summed E-state index contributed by atoms with van der Waals surface area (Å²) in [4.78, 5) is 11.1. The first-order valence-electron chi connectivity index (χ1n) is 5.51.